The van der Waals surface area contributed by atoms with Gasteiger partial charge in [-0.15, -0.1) is 0 Å². The number of allylic oxidation sites excluding steroid dienone is 4. The fraction of sp³-hybridized carbons (Fsp3) is 0.571. The molecule has 1 atom stereocenters. The molecule has 31 heavy (non-hydrogen) atoms. The maximum Gasteiger partial charge on any atom is 0.214 e. The third kappa shape index (κ3) is 4.31. The fourth-order valence-corrected chi connectivity index (χ4v) is 5.90. The molecule has 1 heterocycles. The highest BCUT2D eigenvalue weighted by molar-refractivity contribution is 7.90. The summed E-state index contributed by atoms with van der Waals surface area (Å²) in [5.41, 5.74) is 15.3. The first kappa shape index (κ1) is 21.8. The molecule has 1 fully saturated rings. The van der Waals surface area contributed by atoms with E-state index in [0.717, 1.165) is 30.4 Å². The van der Waals surface area contributed by atoms with Gasteiger partial charge in [0.2, 0.25) is 10.0 Å². The number of nitrogen functional groups attached to an aromatic ring is 2. The number of ketones is 1. The summed E-state index contributed by atoms with van der Waals surface area (Å²) in [5.74, 6) is 1.19. The Bertz CT molecular complexity index is 1090. The molecule has 168 valence electrons. The van der Waals surface area contributed by atoms with Gasteiger partial charge in [0.05, 0.1) is 5.25 Å². The Kier molecular flexibility index (Phi) is 5.78. The number of aromatic nitrogens is 2. The number of rotatable bonds is 9. The van der Waals surface area contributed by atoms with E-state index < -0.39 is 10.0 Å². The Morgan fingerprint density at radius 3 is 2.74 bits per heavy atom. The molecule has 9 nitrogen and oxygen atoms in total. The number of hydrogen-bond donors (Lipinski definition) is 4. The molecule has 1 aromatic rings. The number of nitrogens with one attached hydrogen (secondary N) is 2. The molecule has 0 radical (unpaired) electrons. The second-order valence-corrected chi connectivity index (χ2v) is 10.7. The van der Waals surface area contributed by atoms with Crippen molar-refractivity contribution in [1.82, 2.24) is 14.3 Å². The maximum absolute atomic E-state index is 12.3. The first-order valence-corrected chi connectivity index (χ1v) is 12.4. The van der Waals surface area contributed by atoms with Gasteiger partial charge in [0.15, 0.2) is 5.78 Å². The largest absolute Gasteiger partial charge is 0.383 e. The minimum Gasteiger partial charge on any atom is -0.383 e. The molecule has 6 N–H and O–H groups in total. The van der Waals surface area contributed by atoms with Crippen LogP contribution in [-0.4, -0.2) is 41.4 Å². The second kappa shape index (κ2) is 8.23. The van der Waals surface area contributed by atoms with Crippen molar-refractivity contribution in [2.24, 2.45) is 11.7 Å². The average molecular weight is 447 g/mol. The monoisotopic (exact) mass is 446 g/mol. The lowest BCUT2D eigenvalue weighted by Crippen LogP contribution is -2.31. The van der Waals surface area contributed by atoms with Crippen LogP contribution in [0.3, 0.4) is 0 Å². The van der Waals surface area contributed by atoms with Gasteiger partial charge in [0.25, 0.3) is 0 Å². The third-order valence-electron chi connectivity index (χ3n) is 6.48. The summed E-state index contributed by atoms with van der Waals surface area (Å²) in [6.07, 6.45) is 7.18. The summed E-state index contributed by atoms with van der Waals surface area (Å²) in [6, 6.07) is 0. The highest BCUT2D eigenvalue weighted by atomic mass is 32.2. The van der Waals surface area contributed by atoms with Crippen LogP contribution < -0.4 is 16.2 Å². The molecule has 1 aromatic heterocycles. The van der Waals surface area contributed by atoms with Gasteiger partial charge in [-0.1, -0.05) is 24.1 Å². The lowest BCUT2D eigenvalue weighted by Gasteiger charge is -2.24. The predicted octanol–water partition coefficient (Wildman–Crippen LogP) is 1.39. The number of carbonyl (C=O) groups excluding carboxylic acids is 1. The van der Waals surface area contributed by atoms with Crippen molar-refractivity contribution in [3.8, 4) is 0 Å². The van der Waals surface area contributed by atoms with Crippen LogP contribution in [0.4, 0.5) is 5.82 Å². The van der Waals surface area contributed by atoms with Crippen LogP contribution >= 0.6 is 0 Å². The maximum atomic E-state index is 12.3. The van der Waals surface area contributed by atoms with Crippen molar-refractivity contribution in [3.05, 3.63) is 34.3 Å². The van der Waals surface area contributed by atoms with Gasteiger partial charge in [0.1, 0.15) is 23.2 Å². The first-order chi connectivity index (χ1) is 14.7. The van der Waals surface area contributed by atoms with E-state index in [0.29, 0.717) is 44.0 Å². The van der Waals surface area contributed by atoms with Crippen LogP contribution in [0.25, 0.3) is 0 Å². The summed E-state index contributed by atoms with van der Waals surface area (Å²) in [5, 5.41) is 7.50. The number of anilines is 1. The fourth-order valence-electron chi connectivity index (χ4n) is 4.53. The van der Waals surface area contributed by atoms with E-state index in [1.807, 2.05) is 6.08 Å². The zero-order chi connectivity index (χ0) is 22.3. The first-order valence-electron chi connectivity index (χ1n) is 10.8. The number of amidine groups is 1. The quantitative estimate of drug-likeness (QED) is 0.331. The number of sulfonamides is 1. The summed E-state index contributed by atoms with van der Waals surface area (Å²) in [7, 11) is -3.29. The van der Waals surface area contributed by atoms with Crippen molar-refractivity contribution in [2.45, 2.75) is 63.7 Å². The smallest absolute Gasteiger partial charge is 0.214 e. The van der Waals surface area contributed by atoms with E-state index in [-0.39, 0.29) is 34.9 Å². The molecule has 0 aliphatic heterocycles. The van der Waals surface area contributed by atoms with Crippen LogP contribution in [0.2, 0.25) is 0 Å². The predicted molar refractivity (Wildman–Crippen MR) is 119 cm³/mol. The molecule has 0 spiro atoms. The SMILES string of the molecule is CCC1CC2=C(C=C1Cc1nc(C(=N)N)c(N)n1CCNS(=O)(=O)C1CC1)C(=O)CC2. The molecular weight excluding hydrogens is 416 g/mol. The van der Waals surface area contributed by atoms with Gasteiger partial charge < -0.3 is 16.0 Å². The molecular formula is C21H30N6O3S. The van der Waals surface area contributed by atoms with E-state index in [1.165, 1.54) is 5.57 Å². The highest BCUT2D eigenvalue weighted by Crippen LogP contribution is 2.39. The van der Waals surface area contributed by atoms with Gasteiger partial charge in [0, 0.05) is 31.5 Å². The van der Waals surface area contributed by atoms with Crippen LogP contribution in [0.15, 0.2) is 22.8 Å². The highest BCUT2D eigenvalue weighted by Gasteiger charge is 2.35. The molecule has 10 heteroatoms. The Labute approximate surface area is 182 Å². The Morgan fingerprint density at radius 1 is 1.35 bits per heavy atom. The van der Waals surface area contributed by atoms with Crippen molar-refractivity contribution < 1.29 is 13.2 Å². The van der Waals surface area contributed by atoms with E-state index >= 15 is 0 Å². The topological polar surface area (TPSA) is 157 Å². The lowest BCUT2D eigenvalue weighted by molar-refractivity contribution is -0.114. The zero-order valence-corrected chi connectivity index (χ0v) is 18.6. The molecule has 4 rings (SSSR count). The number of hydrogen-bond acceptors (Lipinski definition) is 6. The number of nitrogens with two attached hydrogens (primary N) is 2. The molecule has 3 aliphatic carbocycles. The zero-order valence-electron chi connectivity index (χ0n) is 17.8. The van der Waals surface area contributed by atoms with E-state index in [1.54, 1.807) is 4.57 Å². The Hall–Kier alpha value is -2.46. The van der Waals surface area contributed by atoms with Crippen LogP contribution in [0, 0.1) is 11.3 Å². The Morgan fingerprint density at radius 2 is 2.10 bits per heavy atom. The number of imidazole rings is 1. The summed E-state index contributed by atoms with van der Waals surface area (Å²) >= 11 is 0. The van der Waals surface area contributed by atoms with Gasteiger partial charge in [-0.05, 0) is 38.0 Å². The van der Waals surface area contributed by atoms with Crippen molar-refractivity contribution in [2.75, 3.05) is 12.3 Å². The standard InChI is InChI=1S/C21H30N6O3S/c1-2-12-9-13-3-6-17(28)16(13)10-14(12)11-18-26-19(20(22)23)21(24)27(18)8-7-25-31(29,30)15-4-5-15/h10,12,15,25H,2-9,11,24H2,1H3,(H3,22,23). The second-order valence-electron chi connectivity index (χ2n) is 8.61. The average Bonchev–Trinajstić information content (AvgIpc) is 3.47. The molecule has 1 saturated carbocycles. The normalized spacial score (nSPS) is 21.4. The third-order valence-corrected chi connectivity index (χ3v) is 8.44. The molecule has 0 saturated heterocycles. The van der Waals surface area contributed by atoms with Crippen molar-refractivity contribution >= 4 is 27.5 Å². The van der Waals surface area contributed by atoms with Crippen molar-refractivity contribution in [3.63, 3.8) is 0 Å². The van der Waals surface area contributed by atoms with Crippen LogP contribution in [-0.2, 0) is 27.8 Å². The molecule has 1 unspecified atom stereocenters. The summed E-state index contributed by atoms with van der Waals surface area (Å²) < 4.78 is 28.6. The molecule has 3 aliphatic rings. The Balaban J connectivity index is 1.59. The summed E-state index contributed by atoms with van der Waals surface area (Å²) in [6.45, 7) is 2.62. The van der Waals surface area contributed by atoms with Gasteiger partial charge in [-0.2, -0.15) is 0 Å². The minimum atomic E-state index is -3.29. The van der Waals surface area contributed by atoms with Crippen molar-refractivity contribution in [1.29, 1.82) is 5.41 Å². The summed E-state index contributed by atoms with van der Waals surface area (Å²) in [4.78, 5) is 16.8. The van der Waals surface area contributed by atoms with E-state index in [9.17, 15) is 13.2 Å². The van der Waals surface area contributed by atoms with Gasteiger partial charge >= 0.3 is 0 Å². The molecule has 0 bridgehead atoms. The van der Waals surface area contributed by atoms with E-state index in [4.69, 9.17) is 16.9 Å². The van der Waals surface area contributed by atoms with E-state index in [2.05, 4.69) is 16.6 Å². The number of Topliss-reactive ketones (excluding diaryl/α,β-unsaturated/α-hetero) is 1. The van der Waals surface area contributed by atoms with Crippen LogP contribution in [0.1, 0.15) is 57.0 Å². The number of nitrogens with zero attached hydrogens (tertiary/aromatic N) is 2. The van der Waals surface area contributed by atoms with Crippen LogP contribution in [0.5, 0.6) is 0 Å². The number of carbonyl (C=O) groups is 1. The minimum absolute atomic E-state index is 0.188. The van der Waals surface area contributed by atoms with Gasteiger partial charge in [-0.3, -0.25) is 10.2 Å². The lowest BCUT2D eigenvalue weighted by atomic mass is 9.81. The van der Waals surface area contributed by atoms with Gasteiger partial charge in [-0.25, -0.2) is 18.1 Å². The molecule has 0 amide bonds. The molecule has 0 aromatic carbocycles.